The van der Waals surface area contributed by atoms with E-state index in [1.165, 1.54) is 0 Å². The van der Waals surface area contributed by atoms with Gasteiger partial charge in [-0.25, -0.2) is 0 Å². The Morgan fingerprint density at radius 3 is 1.33 bits per heavy atom. The van der Waals surface area contributed by atoms with Crippen molar-refractivity contribution in [2.24, 2.45) is 5.92 Å². The first-order valence-corrected chi connectivity index (χ1v) is 5.85. The molecule has 0 rings (SSSR count). The van der Waals surface area contributed by atoms with Crippen molar-refractivity contribution in [1.82, 2.24) is 0 Å². The van der Waals surface area contributed by atoms with Crippen molar-refractivity contribution in [1.29, 1.82) is 0 Å². The first kappa shape index (κ1) is 20.3. The molecular weight excluding hydrogens is 192 g/mol. The molecule has 3 nitrogen and oxygen atoms in total. The summed E-state index contributed by atoms with van der Waals surface area (Å²) in [6.07, 6.45) is 2.78. The zero-order chi connectivity index (χ0) is 12.7. The third-order valence-corrected chi connectivity index (χ3v) is 1.47. The van der Waals surface area contributed by atoms with Gasteiger partial charge in [-0.1, -0.05) is 34.1 Å². The minimum atomic E-state index is -0.116. The lowest BCUT2D eigenvalue weighted by molar-refractivity contribution is 0.191. The fourth-order valence-electron chi connectivity index (χ4n) is 0.158. The van der Waals surface area contributed by atoms with E-state index in [1.54, 1.807) is 6.92 Å². The number of unbranched alkanes of at least 4 members (excludes halogenated alkanes) is 1. The Morgan fingerprint density at radius 2 is 1.33 bits per heavy atom. The summed E-state index contributed by atoms with van der Waals surface area (Å²) in [6.45, 7) is 10.4. The Hall–Kier alpha value is -0.120. The van der Waals surface area contributed by atoms with Crippen molar-refractivity contribution in [2.45, 2.75) is 60.0 Å². The lowest BCUT2D eigenvalue weighted by Gasteiger charge is -1.90. The molecule has 0 aliphatic heterocycles. The van der Waals surface area contributed by atoms with Crippen LogP contribution >= 0.6 is 0 Å². The van der Waals surface area contributed by atoms with Crippen molar-refractivity contribution in [3.05, 3.63) is 0 Å². The van der Waals surface area contributed by atoms with Crippen LogP contribution in [0.5, 0.6) is 0 Å². The molecule has 1 atom stereocenters. The molecule has 0 spiro atoms. The molecule has 0 bridgehead atoms. The maximum atomic E-state index is 8.36. The van der Waals surface area contributed by atoms with Crippen LogP contribution in [0, 0.1) is 5.92 Å². The summed E-state index contributed by atoms with van der Waals surface area (Å²) in [7, 11) is 0. The fraction of sp³-hybridized carbons (Fsp3) is 1.00. The summed E-state index contributed by atoms with van der Waals surface area (Å²) in [5.41, 5.74) is 0. The highest BCUT2D eigenvalue weighted by Crippen LogP contribution is 1.83. The van der Waals surface area contributed by atoms with Gasteiger partial charge in [-0.3, -0.25) is 0 Å². The summed E-state index contributed by atoms with van der Waals surface area (Å²) in [5, 5.41) is 24.6. The molecule has 0 aromatic rings. The number of hydrogen-bond donors (Lipinski definition) is 3. The van der Waals surface area contributed by atoms with Gasteiger partial charge in [-0.15, -0.1) is 0 Å². The average molecular weight is 222 g/mol. The lowest BCUT2D eigenvalue weighted by Crippen LogP contribution is -1.93. The molecule has 0 aromatic carbocycles. The summed E-state index contributed by atoms with van der Waals surface area (Å²) in [6, 6.07) is 0. The van der Waals surface area contributed by atoms with Crippen LogP contribution in [0.2, 0.25) is 0 Å². The number of aliphatic hydroxyl groups excluding tert-OH is 3. The highest BCUT2D eigenvalue weighted by molar-refractivity contribution is 4.34. The largest absolute Gasteiger partial charge is 0.396 e. The average Bonchev–Trinajstić information content (AvgIpc) is 2.20. The summed E-state index contributed by atoms with van der Waals surface area (Å²) >= 11 is 0. The minimum Gasteiger partial charge on any atom is -0.396 e. The molecule has 15 heavy (non-hydrogen) atoms. The van der Waals surface area contributed by atoms with E-state index in [2.05, 4.69) is 6.92 Å². The molecule has 0 aliphatic carbocycles. The molecule has 3 N–H and O–H groups in total. The van der Waals surface area contributed by atoms with Crippen LogP contribution in [0.25, 0.3) is 0 Å². The van der Waals surface area contributed by atoms with Crippen LogP contribution in [0.4, 0.5) is 0 Å². The maximum absolute atomic E-state index is 8.36. The topological polar surface area (TPSA) is 60.7 Å². The van der Waals surface area contributed by atoms with Gasteiger partial charge in [0.05, 0.1) is 6.10 Å². The summed E-state index contributed by atoms with van der Waals surface area (Å²) in [5.74, 6) is 0.440. The Balaban J connectivity index is -0.000000144. The zero-order valence-electron chi connectivity index (χ0n) is 11.0. The Morgan fingerprint density at radius 1 is 1.00 bits per heavy atom. The van der Waals surface area contributed by atoms with Gasteiger partial charge in [0.25, 0.3) is 0 Å². The van der Waals surface area contributed by atoms with Gasteiger partial charge in [0.1, 0.15) is 0 Å². The SMILES string of the molecule is CC(C)CO.CCC(C)O.CCCCO. The van der Waals surface area contributed by atoms with Crippen molar-refractivity contribution >= 4 is 0 Å². The van der Waals surface area contributed by atoms with Crippen LogP contribution in [0.15, 0.2) is 0 Å². The van der Waals surface area contributed by atoms with E-state index in [0.29, 0.717) is 19.1 Å². The molecule has 1 unspecified atom stereocenters. The number of rotatable bonds is 4. The third kappa shape index (κ3) is 56.7. The molecule has 0 saturated carbocycles. The first-order valence-electron chi connectivity index (χ1n) is 5.85. The van der Waals surface area contributed by atoms with Crippen molar-refractivity contribution in [3.8, 4) is 0 Å². The van der Waals surface area contributed by atoms with Crippen molar-refractivity contribution in [2.75, 3.05) is 13.2 Å². The molecule has 0 amide bonds. The van der Waals surface area contributed by atoms with Crippen molar-refractivity contribution in [3.63, 3.8) is 0 Å². The van der Waals surface area contributed by atoms with Gasteiger partial charge in [0.15, 0.2) is 0 Å². The molecule has 0 heterocycles. The molecule has 0 aromatic heterocycles. The van der Waals surface area contributed by atoms with E-state index in [9.17, 15) is 0 Å². The normalized spacial score (nSPS) is 11.0. The standard InChI is InChI=1S/3C4H10O/c1-4(2)3-5;1-3-4(2)5;1-2-3-4-5/h2*4-5H,3H2,1-2H3;5H,2-4H2,1H3. The van der Waals surface area contributed by atoms with Crippen LogP contribution in [-0.2, 0) is 0 Å². The van der Waals surface area contributed by atoms with Crippen molar-refractivity contribution < 1.29 is 15.3 Å². The number of hydrogen-bond acceptors (Lipinski definition) is 3. The molecule has 0 radical (unpaired) electrons. The highest BCUT2D eigenvalue weighted by atomic mass is 16.3. The minimum absolute atomic E-state index is 0.116. The summed E-state index contributed by atoms with van der Waals surface area (Å²) < 4.78 is 0. The van der Waals surface area contributed by atoms with E-state index >= 15 is 0 Å². The molecule has 0 saturated heterocycles. The smallest absolute Gasteiger partial charge is 0.0509 e. The maximum Gasteiger partial charge on any atom is 0.0509 e. The third-order valence-electron chi connectivity index (χ3n) is 1.47. The fourth-order valence-corrected chi connectivity index (χ4v) is 0.158. The molecular formula is C12H30O3. The summed E-state index contributed by atoms with van der Waals surface area (Å²) in [4.78, 5) is 0. The van der Waals surface area contributed by atoms with Gasteiger partial charge < -0.3 is 15.3 Å². The van der Waals surface area contributed by atoms with E-state index in [-0.39, 0.29) is 6.10 Å². The second-order valence-corrected chi connectivity index (χ2v) is 3.91. The monoisotopic (exact) mass is 222 g/mol. The molecule has 3 heteroatoms. The van der Waals surface area contributed by atoms with Gasteiger partial charge in [0.2, 0.25) is 0 Å². The van der Waals surface area contributed by atoms with E-state index in [0.717, 1.165) is 19.3 Å². The van der Waals surface area contributed by atoms with Crippen LogP contribution < -0.4 is 0 Å². The second kappa shape index (κ2) is 19.5. The van der Waals surface area contributed by atoms with E-state index in [1.807, 2.05) is 20.8 Å². The van der Waals surface area contributed by atoms with Crippen LogP contribution in [-0.4, -0.2) is 34.6 Å². The first-order chi connectivity index (χ1) is 6.95. The Labute approximate surface area is 95.1 Å². The Kier molecular flexibility index (Phi) is 26.3. The zero-order valence-corrected chi connectivity index (χ0v) is 11.0. The van der Waals surface area contributed by atoms with Crippen LogP contribution in [0.1, 0.15) is 53.9 Å². The predicted octanol–water partition coefficient (Wildman–Crippen LogP) is 2.19. The van der Waals surface area contributed by atoms with Crippen LogP contribution in [0.3, 0.4) is 0 Å². The van der Waals surface area contributed by atoms with Gasteiger partial charge in [0, 0.05) is 13.2 Å². The lowest BCUT2D eigenvalue weighted by atomic mass is 10.2. The van der Waals surface area contributed by atoms with Gasteiger partial charge in [-0.2, -0.15) is 0 Å². The van der Waals surface area contributed by atoms with E-state index in [4.69, 9.17) is 15.3 Å². The predicted molar refractivity (Wildman–Crippen MR) is 65.9 cm³/mol. The van der Waals surface area contributed by atoms with E-state index < -0.39 is 0 Å². The van der Waals surface area contributed by atoms with Gasteiger partial charge >= 0.3 is 0 Å². The Bertz CT molecular complexity index is 72.9. The molecule has 96 valence electrons. The molecule has 0 fully saturated rings. The van der Waals surface area contributed by atoms with Gasteiger partial charge in [-0.05, 0) is 25.7 Å². The number of aliphatic hydroxyl groups is 3. The quantitative estimate of drug-likeness (QED) is 0.683. The highest BCUT2D eigenvalue weighted by Gasteiger charge is 1.82. The second-order valence-electron chi connectivity index (χ2n) is 3.91. The molecule has 0 aliphatic rings.